The van der Waals surface area contributed by atoms with Crippen molar-refractivity contribution in [3.8, 4) is 0 Å². The summed E-state index contributed by atoms with van der Waals surface area (Å²) in [4.78, 5) is 6.97. The Morgan fingerprint density at radius 2 is 2.00 bits per heavy atom. The van der Waals surface area contributed by atoms with Crippen LogP contribution in [0, 0.1) is 6.92 Å². The van der Waals surface area contributed by atoms with Gasteiger partial charge in [0.05, 0.1) is 25.8 Å². The number of rotatable bonds is 5. The Balaban J connectivity index is 1.45. The highest BCUT2D eigenvalue weighted by Crippen LogP contribution is 2.26. The summed E-state index contributed by atoms with van der Waals surface area (Å²) in [6.45, 7) is 5.74. The fourth-order valence-electron chi connectivity index (χ4n) is 3.93. The highest BCUT2D eigenvalue weighted by Gasteiger charge is 2.25. The number of guanidine groups is 1. The minimum absolute atomic E-state index is 0.0722. The zero-order chi connectivity index (χ0) is 18.6. The number of furan rings is 1. The van der Waals surface area contributed by atoms with Gasteiger partial charge in [0.15, 0.2) is 5.96 Å². The maximum absolute atomic E-state index is 6.18. The van der Waals surface area contributed by atoms with E-state index in [1.165, 1.54) is 24.0 Å². The van der Waals surface area contributed by atoms with Gasteiger partial charge in [-0.2, -0.15) is 0 Å². The van der Waals surface area contributed by atoms with Gasteiger partial charge in [-0.25, -0.2) is 0 Å². The number of aliphatic imine (C=N–C) groups is 1. The van der Waals surface area contributed by atoms with Crippen LogP contribution in [0.2, 0.25) is 0 Å². The Labute approximate surface area is 160 Å². The van der Waals surface area contributed by atoms with E-state index < -0.39 is 0 Å². The van der Waals surface area contributed by atoms with Gasteiger partial charge < -0.3 is 20.2 Å². The van der Waals surface area contributed by atoms with Gasteiger partial charge in [0.1, 0.15) is 11.5 Å². The number of morpholine rings is 1. The van der Waals surface area contributed by atoms with E-state index in [-0.39, 0.29) is 6.04 Å². The molecule has 0 amide bonds. The first-order chi connectivity index (χ1) is 13.2. The number of nitrogens with one attached hydrogen (secondary N) is 1. The molecular formula is C21H28N4O2. The van der Waals surface area contributed by atoms with Crippen LogP contribution in [0.15, 0.2) is 39.7 Å². The van der Waals surface area contributed by atoms with E-state index in [0.29, 0.717) is 12.5 Å². The SMILES string of the molecule is Cc1ccc(C(CN=C(N)Nc2ccc3c(c2)CCC3)N2CCOCC2)o1. The third-order valence-corrected chi connectivity index (χ3v) is 5.38. The molecule has 27 heavy (non-hydrogen) atoms. The van der Waals surface area contributed by atoms with Gasteiger partial charge in [0.2, 0.25) is 0 Å². The van der Waals surface area contributed by atoms with E-state index >= 15 is 0 Å². The second-order valence-electron chi connectivity index (χ2n) is 7.30. The molecule has 1 unspecified atom stereocenters. The zero-order valence-electron chi connectivity index (χ0n) is 15.9. The largest absolute Gasteiger partial charge is 0.465 e. The molecule has 0 radical (unpaired) electrons. The number of anilines is 1. The summed E-state index contributed by atoms with van der Waals surface area (Å²) in [6, 6.07) is 10.6. The number of fused-ring (bicyclic) bond motifs is 1. The second-order valence-corrected chi connectivity index (χ2v) is 7.30. The molecule has 0 spiro atoms. The van der Waals surface area contributed by atoms with E-state index in [1.54, 1.807) is 0 Å². The Kier molecular flexibility index (Phi) is 5.45. The van der Waals surface area contributed by atoms with Crippen LogP contribution in [0.4, 0.5) is 5.69 Å². The van der Waals surface area contributed by atoms with Gasteiger partial charge in [-0.1, -0.05) is 6.07 Å². The maximum Gasteiger partial charge on any atom is 0.193 e. The highest BCUT2D eigenvalue weighted by atomic mass is 16.5. The molecule has 2 heterocycles. The van der Waals surface area contributed by atoms with Crippen molar-refractivity contribution in [2.75, 3.05) is 38.2 Å². The second kappa shape index (κ2) is 8.15. The first-order valence-corrected chi connectivity index (χ1v) is 9.76. The number of benzene rings is 1. The number of ether oxygens (including phenoxy) is 1. The van der Waals surface area contributed by atoms with E-state index in [4.69, 9.17) is 14.9 Å². The van der Waals surface area contributed by atoms with Gasteiger partial charge in [-0.3, -0.25) is 9.89 Å². The van der Waals surface area contributed by atoms with E-state index in [0.717, 1.165) is 49.9 Å². The summed E-state index contributed by atoms with van der Waals surface area (Å²) in [5, 5.41) is 3.24. The highest BCUT2D eigenvalue weighted by molar-refractivity contribution is 5.92. The fraction of sp³-hybridized carbons (Fsp3) is 0.476. The lowest BCUT2D eigenvalue weighted by atomic mass is 10.1. The zero-order valence-corrected chi connectivity index (χ0v) is 15.9. The number of hydrogen-bond acceptors (Lipinski definition) is 4. The first kappa shape index (κ1) is 18.1. The molecule has 1 aromatic carbocycles. The molecule has 6 nitrogen and oxygen atoms in total. The normalized spacial score (nSPS) is 19.1. The predicted octanol–water partition coefficient (Wildman–Crippen LogP) is 2.88. The molecule has 1 aliphatic carbocycles. The molecule has 2 aromatic rings. The van der Waals surface area contributed by atoms with Crippen LogP contribution in [-0.4, -0.2) is 43.7 Å². The van der Waals surface area contributed by atoms with Crippen molar-refractivity contribution in [1.29, 1.82) is 0 Å². The quantitative estimate of drug-likeness (QED) is 0.627. The first-order valence-electron chi connectivity index (χ1n) is 9.76. The van der Waals surface area contributed by atoms with Crippen LogP contribution in [0.1, 0.15) is 35.1 Å². The Hall–Kier alpha value is -2.31. The number of hydrogen-bond donors (Lipinski definition) is 2. The van der Waals surface area contributed by atoms with Gasteiger partial charge in [0, 0.05) is 18.8 Å². The van der Waals surface area contributed by atoms with Gasteiger partial charge >= 0.3 is 0 Å². The van der Waals surface area contributed by atoms with Gasteiger partial charge in [-0.05, 0) is 61.6 Å². The average Bonchev–Trinajstić information content (AvgIpc) is 3.31. The van der Waals surface area contributed by atoms with Crippen LogP contribution in [0.5, 0.6) is 0 Å². The minimum Gasteiger partial charge on any atom is -0.465 e. The third kappa shape index (κ3) is 4.34. The van der Waals surface area contributed by atoms with Crippen LogP contribution in [0.3, 0.4) is 0 Å². The van der Waals surface area contributed by atoms with Crippen molar-refractivity contribution in [2.24, 2.45) is 10.7 Å². The molecule has 1 aliphatic heterocycles. The van der Waals surface area contributed by atoms with Crippen molar-refractivity contribution in [3.05, 3.63) is 53.0 Å². The lowest BCUT2D eigenvalue weighted by Crippen LogP contribution is -2.40. The number of nitrogens with two attached hydrogens (primary N) is 1. The van der Waals surface area contributed by atoms with E-state index in [1.807, 2.05) is 19.1 Å². The number of aryl methyl sites for hydroxylation is 3. The molecule has 4 rings (SSSR count). The monoisotopic (exact) mass is 368 g/mol. The standard InChI is InChI=1S/C21H28N4O2/c1-15-5-8-20(27-15)19(25-9-11-26-12-10-25)14-23-21(22)24-18-7-6-16-3-2-4-17(16)13-18/h5-8,13,19H,2-4,9-12,14H2,1H3,(H3,22,23,24). The van der Waals surface area contributed by atoms with Crippen LogP contribution < -0.4 is 11.1 Å². The van der Waals surface area contributed by atoms with E-state index in [2.05, 4.69) is 33.4 Å². The van der Waals surface area contributed by atoms with Crippen molar-refractivity contribution in [3.63, 3.8) is 0 Å². The summed E-state index contributed by atoms with van der Waals surface area (Å²) < 4.78 is 11.4. The molecule has 6 heteroatoms. The Morgan fingerprint density at radius 3 is 2.78 bits per heavy atom. The molecular weight excluding hydrogens is 340 g/mol. The third-order valence-electron chi connectivity index (χ3n) is 5.38. The Morgan fingerprint density at radius 1 is 1.19 bits per heavy atom. The molecule has 0 bridgehead atoms. The summed E-state index contributed by atoms with van der Waals surface area (Å²) >= 11 is 0. The van der Waals surface area contributed by atoms with Crippen molar-refractivity contribution >= 4 is 11.6 Å². The van der Waals surface area contributed by atoms with Crippen molar-refractivity contribution in [2.45, 2.75) is 32.2 Å². The van der Waals surface area contributed by atoms with Crippen LogP contribution in [0.25, 0.3) is 0 Å². The van der Waals surface area contributed by atoms with Crippen molar-refractivity contribution in [1.82, 2.24) is 4.90 Å². The molecule has 1 aromatic heterocycles. The van der Waals surface area contributed by atoms with Crippen LogP contribution >= 0.6 is 0 Å². The molecule has 1 atom stereocenters. The topological polar surface area (TPSA) is 76.0 Å². The summed E-state index contributed by atoms with van der Waals surface area (Å²) in [5.41, 5.74) is 10.1. The molecule has 0 saturated carbocycles. The Bertz CT molecular complexity index is 808. The lowest BCUT2D eigenvalue weighted by Gasteiger charge is -2.32. The van der Waals surface area contributed by atoms with Gasteiger partial charge in [0.25, 0.3) is 0 Å². The number of nitrogens with zero attached hydrogens (tertiary/aromatic N) is 2. The molecule has 1 fully saturated rings. The maximum atomic E-state index is 6.18. The minimum atomic E-state index is 0.0722. The molecule has 1 saturated heterocycles. The predicted molar refractivity (Wildman–Crippen MR) is 107 cm³/mol. The fourth-order valence-corrected chi connectivity index (χ4v) is 3.93. The van der Waals surface area contributed by atoms with Crippen molar-refractivity contribution < 1.29 is 9.15 Å². The summed E-state index contributed by atoms with van der Waals surface area (Å²) in [6.07, 6.45) is 3.58. The van der Waals surface area contributed by atoms with Crippen LogP contribution in [-0.2, 0) is 17.6 Å². The van der Waals surface area contributed by atoms with E-state index in [9.17, 15) is 0 Å². The average molecular weight is 368 g/mol. The smallest absolute Gasteiger partial charge is 0.193 e. The molecule has 3 N–H and O–H groups in total. The van der Waals surface area contributed by atoms with Gasteiger partial charge in [-0.15, -0.1) is 0 Å². The lowest BCUT2D eigenvalue weighted by molar-refractivity contribution is 0.0135. The molecule has 144 valence electrons. The molecule has 2 aliphatic rings. The summed E-state index contributed by atoms with van der Waals surface area (Å²) in [5.74, 6) is 2.29. The summed E-state index contributed by atoms with van der Waals surface area (Å²) in [7, 11) is 0.